The number of benzene rings is 1. The van der Waals surface area contributed by atoms with Gasteiger partial charge in [-0.15, -0.1) is 12.4 Å². The van der Waals surface area contributed by atoms with Crippen LogP contribution in [0.15, 0.2) is 28.8 Å². The van der Waals surface area contributed by atoms with Gasteiger partial charge in [0, 0.05) is 12.1 Å². The summed E-state index contributed by atoms with van der Waals surface area (Å²) in [6, 6.07) is 8.39. The lowest BCUT2D eigenvalue weighted by atomic mass is 10.0. The minimum absolute atomic E-state index is 0. The lowest BCUT2D eigenvalue weighted by molar-refractivity contribution is 0.176. The van der Waals surface area contributed by atoms with Gasteiger partial charge in [-0.2, -0.15) is 4.98 Å². The molecule has 1 aromatic heterocycles. The molecule has 6 nitrogen and oxygen atoms in total. The fourth-order valence-corrected chi connectivity index (χ4v) is 3.72. The first kappa shape index (κ1) is 22.4. The largest absolute Gasteiger partial charge is 0.337 e. The van der Waals surface area contributed by atoms with E-state index < -0.39 is 5.66 Å². The number of nitrogens with one attached hydrogen (secondary N) is 1. The minimum atomic E-state index is -0.856. The molecule has 7 heteroatoms. The third kappa shape index (κ3) is 5.11. The van der Waals surface area contributed by atoms with Crippen LogP contribution in [0.4, 0.5) is 0 Å². The summed E-state index contributed by atoms with van der Waals surface area (Å²) in [6.45, 7) is 2.99. The van der Waals surface area contributed by atoms with Gasteiger partial charge in [-0.1, -0.05) is 68.4 Å². The Morgan fingerprint density at radius 3 is 2.61 bits per heavy atom. The maximum Gasteiger partial charge on any atom is 0.267 e. The van der Waals surface area contributed by atoms with Gasteiger partial charge in [-0.3, -0.25) is 5.41 Å². The molecule has 2 heterocycles. The quantitative estimate of drug-likeness (QED) is 0.334. The Balaban J connectivity index is 0.00000280. The van der Waals surface area contributed by atoms with E-state index in [2.05, 4.69) is 29.2 Å². The molecular weight excluding hydrogens is 374 g/mol. The van der Waals surface area contributed by atoms with Crippen molar-refractivity contribution in [2.24, 2.45) is 5.73 Å². The first-order valence-corrected chi connectivity index (χ1v) is 10.2. The van der Waals surface area contributed by atoms with E-state index in [-0.39, 0.29) is 12.4 Å². The van der Waals surface area contributed by atoms with Crippen molar-refractivity contribution in [1.82, 2.24) is 15.0 Å². The molecule has 2 aromatic rings. The Bertz CT molecular complexity index is 733. The van der Waals surface area contributed by atoms with Crippen LogP contribution in [0.2, 0.25) is 0 Å². The molecule has 1 fully saturated rings. The van der Waals surface area contributed by atoms with Gasteiger partial charge in [0.2, 0.25) is 5.82 Å². The third-order valence-electron chi connectivity index (χ3n) is 5.45. The van der Waals surface area contributed by atoms with Crippen LogP contribution < -0.4 is 5.73 Å². The molecule has 0 amide bonds. The molecule has 28 heavy (non-hydrogen) atoms. The highest BCUT2D eigenvalue weighted by Crippen LogP contribution is 2.32. The first-order chi connectivity index (χ1) is 13.2. The van der Waals surface area contributed by atoms with Crippen molar-refractivity contribution in [2.75, 3.05) is 6.54 Å². The molecule has 0 aliphatic carbocycles. The number of unbranched alkanes of at least 4 members (excludes halogenated alkanes) is 5. The van der Waals surface area contributed by atoms with Crippen LogP contribution in [-0.2, 0) is 12.1 Å². The molecule has 1 saturated heterocycles. The molecule has 1 aliphatic heterocycles. The second-order valence-electron chi connectivity index (χ2n) is 7.49. The monoisotopic (exact) mass is 405 g/mol. The van der Waals surface area contributed by atoms with Gasteiger partial charge in [0.15, 0.2) is 5.66 Å². The fourth-order valence-electron chi connectivity index (χ4n) is 3.72. The van der Waals surface area contributed by atoms with Crippen molar-refractivity contribution < 1.29 is 4.52 Å². The molecule has 1 aliphatic rings. The van der Waals surface area contributed by atoms with Crippen LogP contribution in [-0.4, -0.2) is 27.9 Å². The van der Waals surface area contributed by atoms with Crippen molar-refractivity contribution in [3.8, 4) is 11.4 Å². The summed E-state index contributed by atoms with van der Waals surface area (Å²) in [5.74, 6) is 0.937. The highest BCUT2D eigenvalue weighted by Gasteiger charge is 2.42. The zero-order valence-electron chi connectivity index (χ0n) is 16.7. The highest BCUT2D eigenvalue weighted by molar-refractivity contribution is 5.85. The molecule has 0 saturated carbocycles. The minimum Gasteiger partial charge on any atom is -0.337 e. The van der Waals surface area contributed by atoms with E-state index in [4.69, 9.17) is 15.7 Å². The summed E-state index contributed by atoms with van der Waals surface area (Å²) < 4.78 is 5.45. The van der Waals surface area contributed by atoms with E-state index in [9.17, 15) is 0 Å². The Kier molecular flexibility index (Phi) is 8.45. The summed E-state index contributed by atoms with van der Waals surface area (Å²) in [7, 11) is 0. The van der Waals surface area contributed by atoms with E-state index >= 15 is 0 Å². The van der Waals surface area contributed by atoms with Crippen molar-refractivity contribution in [3.63, 3.8) is 0 Å². The normalized spacial score (nSPS) is 18.9. The zero-order chi connectivity index (χ0) is 19.1. The average Bonchev–Trinajstić information content (AvgIpc) is 3.33. The highest BCUT2D eigenvalue weighted by atomic mass is 35.5. The van der Waals surface area contributed by atoms with Crippen molar-refractivity contribution in [1.29, 1.82) is 5.41 Å². The average molecular weight is 406 g/mol. The molecule has 154 valence electrons. The number of nitrogens with two attached hydrogens (primary N) is 1. The summed E-state index contributed by atoms with van der Waals surface area (Å²) in [5, 5.41) is 11.6. The molecular formula is C21H32ClN5O. The van der Waals surface area contributed by atoms with Crippen LogP contribution >= 0.6 is 12.4 Å². The van der Waals surface area contributed by atoms with Crippen molar-refractivity contribution >= 4 is 18.7 Å². The number of nitrogens with zero attached hydrogens (tertiary/aromatic N) is 3. The summed E-state index contributed by atoms with van der Waals surface area (Å²) in [4.78, 5) is 6.28. The standard InChI is InChI=1S/C21H31N5O.ClH/c1-2-3-4-5-6-7-9-17-10-12-18(13-11-17)19-24-20(27-25-19)21(23)14-8-15-26(21)16-22;/h10-13,16,22H,2-9,14-15,23H2,1H3;1H/t21-;/m0./s1. The summed E-state index contributed by atoms with van der Waals surface area (Å²) in [6.07, 6.45) is 11.9. The predicted octanol–water partition coefficient (Wildman–Crippen LogP) is 4.88. The van der Waals surface area contributed by atoms with Crippen LogP contribution in [0.25, 0.3) is 11.4 Å². The summed E-state index contributed by atoms with van der Waals surface area (Å²) in [5.41, 5.74) is 7.85. The fraction of sp³-hybridized carbons (Fsp3) is 0.571. The molecule has 1 aromatic carbocycles. The van der Waals surface area contributed by atoms with Gasteiger partial charge in [0.1, 0.15) is 0 Å². The second-order valence-corrected chi connectivity index (χ2v) is 7.49. The van der Waals surface area contributed by atoms with Crippen LogP contribution in [0.5, 0.6) is 0 Å². The van der Waals surface area contributed by atoms with Gasteiger partial charge in [-0.05, 0) is 31.2 Å². The van der Waals surface area contributed by atoms with Crippen LogP contribution in [0.1, 0.15) is 69.7 Å². The molecule has 0 unspecified atom stereocenters. The van der Waals surface area contributed by atoms with Gasteiger partial charge >= 0.3 is 0 Å². The molecule has 3 rings (SSSR count). The van der Waals surface area contributed by atoms with Gasteiger partial charge < -0.3 is 15.2 Å². The van der Waals surface area contributed by atoms with E-state index in [0.717, 1.165) is 24.9 Å². The second kappa shape index (κ2) is 10.6. The van der Waals surface area contributed by atoms with Crippen molar-refractivity contribution in [3.05, 3.63) is 35.7 Å². The Morgan fingerprint density at radius 2 is 1.89 bits per heavy atom. The number of aryl methyl sites for hydroxylation is 1. The molecule has 0 spiro atoms. The first-order valence-electron chi connectivity index (χ1n) is 10.2. The third-order valence-corrected chi connectivity index (χ3v) is 5.45. The topological polar surface area (TPSA) is 92.0 Å². The maximum absolute atomic E-state index is 7.53. The number of aromatic nitrogens is 2. The predicted molar refractivity (Wildman–Crippen MR) is 115 cm³/mol. The molecule has 0 radical (unpaired) electrons. The Labute approximate surface area is 173 Å². The number of likely N-dealkylation sites (tertiary alicyclic amines) is 1. The molecule has 1 atom stereocenters. The van der Waals surface area contributed by atoms with Crippen LogP contribution in [0.3, 0.4) is 0 Å². The lowest BCUT2D eigenvalue weighted by Crippen LogP contribution is -2.48. The maximum atomic E-state index is 7.53. The van der Waals surface area contributed by atoms with Crippen molar-refractivity contribution in [2.45, 2.75) is 70.4 Å². The number of hydrogen-bond acceptors (Lipinski definition) is 5. The van der Waals surface area contributed by atoms with Gasteiger partial charge in [0.25, 0.3) is 5.89 Å². The molecule has 3 N–H and O–H groups in total. The van der Waals surface area contributed by atoms with E-state index in [1.165, 1.54) is 50.4 Å². The number of hydrogen-bond donors (Lipinski definition) is 2. The number of rotatable bonds is 10. The SMILES string of the molecule is CCCCCCCCc1ccc(-c2noc([C@]3(N)CCCN3C=N)n2)cc1.Cl. The number of halogens is 1. The molecule has 0 bridgehead atoms. The van der Waals surface area contributed by atoms with Gasteiger partial charge in [0.05, 0.1) is 6.34 Å². The van der Waals surface area contributed by atoms with Crippen LogP contribution in [0, 0.1) is 5.41 Å². The van der Waals surface area contributed by atoms with E-state index in [1.54, 1.807) is 4.90 Å². The van der Waals surface area contributed by atoms with E-state index in [1.807, 2.05) is 12.1 Å². The Hall–Kier alpha value is -1.92. The summed E-state index contributed by atoms with van der Waals surface area (Å²) >= 11 is 0. The Morgan fingerprint density at radius 1 is 1.18 bits per heavy atom. The lowest BCUT2D eigenvalue weighted by Gasteiger charge is -2.28. The van der Waals surface area contributed by atoms with E-state index in [0.29, 0.717) is 18.1 Å². The van der Waals surface area contributed by atoms with Gasteiger partial charge in [-0.25, -0.2) is 0 Å². The zero-order valence-corrected chi connectivity index (χ0v) is 17.5. The smallest absolute Gasteiger partial charge is 0.267 e.